The Kier molecular flexibility index (Phi) is 3.70. The number of hydrogen-bond donors (Lipinski definition) is 2. The molecule has 1 aromatic carbocycles. The summed E-state index contributed by atoms with van der Waals surface area (Å²) in [6, 6.07) is 13.0. The first-order valence-corrected chi connectivity index (χ1v) is 6.76. The summed E-state index contributed by atoms with van der Waals surface area (Å²) in [6.07, 6.45) is 1.71. The van der Waals surface area contributed by atoms with Gasteiger partial charge in [0.2, 0.25) is 0 Å². The summed E-state index contributed by atoms with van der Waals surface area (Å²) in [6.45, 7) is 1.07. The summed E-state index contributed by atoms with van der Waals surface area (Å²) in [5.41, 5.74) is 2.27. The van der Waals surface area contributed by atoms with Crippen molar-refractivity contribution in [1.29, 1.82) is 0 Å². The number of hydrogen-bond acceptors (Lipinski definition) is 4. The predicted molar refractivity (Wildman–Crippen MR) is 80.3 cm³/mol. The number of fused-ring (bicyclic) bond motifs is 1. The fourth-order valence-corrected chi connectivity index (χ4v) is 2.20. The zero-order valence-corrected chi connectivity index (χ0v) is 11.4. The summed E-state index contributed by atoms with van der Waals surface area (Å²) in [4.78, 5) is 12.1. The van der Waals surface area contributed by atoms with Crippen LogP contribution in [0.4, 0.5) is 5.69 Å². The second-order valence-electron chi connectivity index (χ2n) is 4.72. The van der Waals surface area contributed by atoms with Crippen LogP contribution in [-0.4, -0.2) is 25.8 Å². The van der Waals surface area contributed by atoms with E-state index in [1.807, 2.05) is 30.3 Å². The Morgan fingerprint density at radius 1 is 1.19 bits per heavy atom. The molecule has 2 heterocycles. The number of aromatic nitrogens is 3. The maximum Gasteiger partial charge on any atom is 0.350 e. The van der Waals surface area contributed by atoms with Gasteiger partial charge in [-0.25, -0.2) is 9.48 Å². The molecule has 0 unspecified atom stereocenters. The SMILES string of the molecule is O=c1n(CCNc2cccc(CO)c2)nc2ccccn12. The summed E-state index contributed by atoms with van der Waals surface area (Å²) in [5.74, 6) is 0. The average Bonchev–Trinajstić information content (AvgIpc) is 2.84. The maximum absolute atomic E-state index is 12.1. The number of nitrogens with zero attached hydrogens (tertiary/aromatic N) is 3. The minimum Gasteiger partial charge on any atom is -0.392 e. The van der Waals surface area contributed by atoms with Gasteiger partial charge < -0.3 is 10.4 Å². The average molecular weight is 284 g/mol. The smallest absolute Gasteiger partial charge is 0.350 e. The van der Waals surface area contributed by atoms with Crippen molar-refractivity contribution in [3.63, 3.8) is 0 Å². The van der Waals surface area contributed by atoms with Gasteiger partial charge in [-0.2, -0.15) is 0 Å². The van der Waals surface area contributed by atoms with Gasteiger partial charge in [-0.3, -0.25) is 4.40 Å². The molecule has 0 amide bonds. The van der Waals surface area contributed by atoms with E-state index in [0.717, 1.165) is 11.3 Å². The maximum atomic E-state index is 12.1. The van der Waals surface area contributed by atoms with Crippen LogP contribution < -0.4 is 11.0 Å². The van der Waals surface area contributed by atoms with Crippen molar-refractivity contribution >= 4 is 11.3 Å². The number of nitrogens with one attached hydrogen (secondary N) is 1. The quantitative estimate of drug-likeness (QED) is 0.736. The van der Waals surface area contributed by atoms with E-state index in [9.17, 15) is 4.79 Å². The van der Waals surface area contributed by atoms with Crippen LogP contribution in [0.3, 0.4) is 0 Å². The van der Waals surface area contributed by atoms with Gasteiger partial charge in [0.1, 0.15) is 0 Å². The first-order chi connectivity index (χ1) is 10.3. The van der Waals surface area contributed by atoms with E-state index in [1.165, 1.54) is 9.08 Å². The summed E-state index contributed by atoms with van der Waals surface area (Å²) < 4.78 is 2.96. The van der Waals surface area contributed by atoms with Crippen LogP contribution in [0.2, 0.25) is 0 Å². The van der Waals surface area contributed by atoms with Gasteiger partial charge in [0.25, 0.3) is 0 Å². The van der Waals surface area contributed by atoms with Crippen LogP contribution in [0, 0.1) is 0 Å². The molecule has 0 bridgehead atoms. The van der Waals surface area contributed by atoms with Crippen LogP contribution in [-0.2, 0) is 13.2 Å². The molecule has 0 aliphatic heterocycles. The van der Waals surface area contributed by atoms with Crippen molar-refractivity contribution in [2.45, 2.75) is 13.2 Å². The summed E-state index contributed by atoms with van der Waals surface area (Å²) in [5, 5.41) is 16.6. The van der Waals surface area contributed by atoms with Gasteiger partial charge in [0.05, 0.1) is 13.2 Å². The number of aliphatic hydroxyl groups is 1. The molecule has 0 fully saturated rings. The van der Waals surface area contributed by atoms with E-state index in [0.29, 0.717) is 18.7 Å². The first kappa shape index (κ1) is 13.4. The highest BCUT2D eigenvalue weighted by atomic mass is 16.3. The lowest BCUT2D eigenvalue weighted by molar-refractivity contribution is 0.282. The van der Waals surface area contributed by atoms with Crippen molar-refractivity contribution < 1.29 is 5.11 Å². The fourth-order valence-electron chi connectivity index (χ4n) is 2.20. The third-order valence-electron chi connectivity index (χ3n) is 3.25. The highest BCUT2D eigenvalue weighted by molar-refractivity contribution is 5.45. The number of pyridine rings is 1. The molecule has 0 saturated carbocycles. The third-order valence-corrected chi connectivity index (χ3v) is 3.25. The summed E-state index contributed by atoms with van der Waals surface area (Å²) >= 11 is 0. The van der Waals surface area contributed by atoms with Crippen molar-refractivity contribution in [2.75, 3.05) is 11.9 Å². The molecule has 0 spiro atoms. The minimum absolute atomic E-state index is 0.0153. The molecule has 6 heteroatoms. The Morgan fingerprint density at radius 2 is 2.10 bits per heavy atom. The molecule has 0 atom stereocenters. The standard InChI is InChI=1S/C15H16N4O2/c20-11-12-4-3-5-13(10-12)16-7-9-19-15(21)18-8-2-1-6-14(18)17-19/h1-6,8,10,16,20H,7,9,11H2. The van der Waals surface area contributed by atoms with Crippen molar-refractivity contribution in [1.82, 2.24) is 14.2 Å². The van der Waals surface area contributed by atoms with Crippen LogP contribution in [0.15, 0.2) is 53.5 Å². The molecule has 0 aliphatic rings. The number of benzene rings is 1. The van der Waals surface area contributed by atoms with Gasteiger partial charge in [0, 0.05) is 18.4 Å². The van der Waals surface area contributed by atoms with Crippen LogP contribution in [0.1, 0.15) is 5.56 Å². The van der Waals surface area contributed by atoms with E-state index in [-0.39, 0.29) is 12.3 Å². The highest BCUT2D eigenvalue weighted by Gasteiger charge is 2.05. The normalized spacial score (nSPS) is 10.9. The molecule has 0 saturated heterocycles. The van der Waals surface area contributed by atoms with E-state index >= 15 is 0 Å². The number of aliphatic hydroxyl groups excluding tert-OH is 1. The lowest BCUT2D eigenvalue weighted by Crippen LogP contribution is -2.24. The van der Waals surface area contributed by atoms with Gasteiger partial charge in [-0.15, -0.1) is 5.10 Å². The third kappa shape index (κ3) is 2.80. The second kappa shape index (κ2) is 5.80. The molecule has 2 aromatic heterocycles. The molecule has 3 aromatic rings. The Bertz CT molecular complexity index is 807. The number of anilines is 1. The summed E-state index contributed by atoms with van der Waals surface area (Å²) in [7, 11) is 0. The molecule has 21 heavy (non-hydrogen) atoms. The molecule has 0 radical (unpaired) electrons. The Morgan fingerprint density at radius 3 is 2.90 bits per heavy atom. The van der Waals surface area contributed by atoms with Gasteiger partial charge >= 0.3 is 5.69 Å². The molecular formula is C15H16N4O2. The molecule has 6 nitrogen and oxygen atoms in total. The molecule has 108 valence electrons. The lowest BCUT2D eigenvalue weighted by Gasteiger charge is -2.07. The molecule has 0 aliphatic carbocycles. The topological polar surface area (TPSA) is 71.6 Å². The number of rotatable bonds is 5. The van der Waals surface area contributed by atoms with Crippen molar-refractivity contribution in [3.8, 4) is 0 Å². The fraction of sp³-hybridized carbons (Fsp3) is 0.200. The minimum atomic E-state index is -0.142. The van der Waals surface area contributed by atoms with Crippen molar-refractivity contribution in [3.05, 3.63) is 64.7 Å². The zero-order valence-electron chi connectivity index (χ0n) is 11.4. The predicted octanol–water partition coefficient (Wildman–Crippen LogP) is 1.10. The molecule has 3 rings (SSSR count). The van der Waals surface area contributed by atoms with Crippen molar-refractivity contribution in [2.24, 2.45) is 0 Å². The van der Waals surface area contributed by atoms with Gasteiger partial charge in [0.15, 0.2) is 5.65 Å². The Hall–Kier alpha value is -2.60. The van der Waals surface area contributed by atoms with Gasteiger partial charge in [-0.05, 0) is 29.8 Å². The van der Waals surface area contributed by atoms with E-state index in [2.05, 4.69) is 10.4 Å². The largest absolute Gasteiger partial charge is 0.392 e. The Labute approximate surface area is 121 Å². The molecular weight excluding hydrogens is 268 g/mol. The second-order valence-corrected chi connectivity index (χ2v) is 4.72. The Balaban J connectivity index is 1.69. The van der Waals surface area contributed by atoms with Crippen LogP contribution >= 0.6 is 0 Å². The highest BCUT2D eigenvalue weighted by Crippen LogP contribution is 2.10. The van der Waals surface area contributed by atoms with Gasteiger partial charge in [-0.1, -0.05) is 18.2 Å². The van der Waals surface area contributed by atoms with E-state index < -0.39 is 0 Å². The molecule has 2 N–H and O–H groups in total. The van der Waals surface area contributed by atoms with Crippen LogP contribution in [0.5, 0.6) is 0 Å². The zero-order chi connectivity index (χ0) is 14.7. The van der Waals surface area contributed by atoms with Crippen LogP contribution in [0.25, 0.3) is 5.65 Å². The lowest BCUT2D eigenvalue weighted by atomic mass is 10.2. The first-order valence-electron chi connectivity index (χ1n) is 6.76. The monoisotopic (exact) mass is 284 g/mol. The van der Waals surface area contributed by atoms with E-state index in [1.54, 1.807) is 18.3 Å². The van der Waals surface area contributed by atoms with E-state index in [4.69, 9.17) is 5.11 Å².